The number of aliphatic hydroxyl groups excluding tert-OH is 1. The van der Waals surface area contributed by atoms with Gasteiger partial charge in [-0.15, -0.1) is 12.4 Å². The van der Waals surface area contributed by atoms with Gasteiger partial charge in [-0.05, 0) is 62.1 Å². The summed E-state index contributed by atoms with van der Waals surface area (Å²) in [7, 11) is 0. The molecule has 1 fully saturated rings. The first kappa shape index (κ1) is 28.5. The predicted molar refractivity (Wildman–Crippen MR) is 160 cm³/mol. The Morgan fingerprint density at radius 2 is 1.92 bits per heavy atom. The quantitative estimate of drug-likeness (QED) is 0.208. The smallest absolute Gasteiger partial charge is 0.228 e. The van der Waals surface area contributed by atoms with Gasteiger partial charge in [0.05, 0.1) is 17.4 Å². The van der Waals surface area contributed by atoms with Crippen molar-refractivity contribution in [2.45, 2.75) is 45.8 Å². The lowest BCUT2D eigenvalue weighted by molar-refractivity contribution is 0.138. The molecule has 9 heteroatoms. The van der Waals surface area contributed by atoms with Crippen LogP contribution in [0, 0.1) is 12.8 Å². The number of aromatic nitrogens is 3. The molecule has 8 nitrogen and oxygen atoms in total. The molecular formula is C30H37ClN6O2. The van der Waals surface area contributed by atoms with E-state index in [0.717, 1.165) is 65.0 Å². The molecule has 0 aliphatic carbocycles. The Bertz CT molecular complexity index is 1390. The number of aryl methyl sites for hydroxylation is 1. The van der Waals surface area contributed by atoms with Gasteiger partial charge in [0, 0.05) is 48.0 Å². The van der Waals surface area contributed by atoms with Gasteiger partial charge in [-0.2, -0.15) is 0 Å². The van der Waals surface area contributed by atoms with Crippen molar-refractivity contribution in [3.63, 3.8) is 0 Å². The van der Waals surface area contributed by atoms with Crippen molar-refractivity contribution in [2.24, 2.45) is 5.92 Å². The average Bonchev–Trinajstić information content (AvgIpc) is 2.94. The number of hydrogen-bond acceptors (Lipinski definition) is 8. The van der Waals surface area contributed by atoms with Crippen molar-refractivity contribution in [3.05, 3.63) is 66.5 Å². The fourth-order valence-electron chi connectivity index (χ4n) is 4.68. The van der Waals surface area contributed by atoms with Crippen LogP contribution in [0.1, 0.15) is 32.3 Å². The van der Waals surface area contributed by atoms with Crippen LogP contribution in [0.25, 0.3) is 22.0 Å². The number of ether oxygens (including phenoxy) is 1. The van der Waals surface area contributed by atoms with Crippen LogP contribution in [-0.2, 0) is 0 Å². The zero-order chi connectivity index (χ0) is 26.5. The topological polar surface area (TPSA) is 104 Å². The van der Waals surface area contributed by atoms with Gasteiger partial charge in [-0.3, -0.25) is 0 Å². The molecule has 1 saturated heterocycles. The first-order valence-corrected chi connectivity index (χ1v) is 13.4. The number of piperidine rings is 1. The second-order valence-electron chi connectivity index (χ2n) is 10.2. The van der Waals surface area contributed by atoms with Crippen LogP contribution in [-0.4, -0.2) is 51.8 Å². The van der Waals surface area contributed by atoms with Crippen molar-refractivity contribution >= 4 is 34.8 Å². The van der Waals surface area contributed by atoms with Crippen LogP contribution in [0.3, 0.4) is 0 Å². The molecule has 1 aliphatic heterocycles. The van der Waals surface area contributed by atoms with Crippen molar-refractivity contribution in [2.75, 3.05) is 30.3 Å². The summed E-state index contributed by atoms with van der Waals surface area (Å²) in [5, 5.41) is 22.6. The zero-order valence-electron chi connectivity index (χ0n) is 22.6. The number of rotatable bonds is 9. The molecule has 39 heavy (non-hydrogen) atoms. The van der Waals surface area contributed by atoms with E-state index in [1.807, 2.05) is 51.1 Å². The fraction of sp³-hybridized carbons (Fsp3) is 0.367. The van der Waals surface area contributed by atoms with Gasteiger partial charge in [0.1, 0.15) is 5.75 Å². The number of anilines is 2. The highest BCUT2D eigenvalue weighted by atomic mass is 35.5. The molecule has 0 amide bonds. The van der Waals surface area contributed by atoms with Gasteiger partial charge < -0.3 is 25.8 Å². The first-order chi connectivity index (χ1) is 18.5. The Hall–Kier alpha value is -3.46. The first-order valence-electron chi connectivity index (χ1n) is 13.4. The summed E-state index contributed by atoms with van der Waals surface area (Å²) in [6.45, 7) is 8.50. The standard InChI is InChI=1S/C30H36N6O2.ClH/c1-19(2)27(37)18-34-25-10-4-8-23-22(25)12-11-20(3)28(23)38-29-24(9-6-15-32-29)26-13-16-33-30(36-26)35-21-7-5-14-31-17-21;/h4,6,8-13,15-16,19,21,27,31,34,37H,5,7,14,17-18H2,1-3H3,(H,33,35,36);1H/t21-,27-;/m0./s1. The number of hydrogen-bond donors (Lipinski definition) is 4. The highest BCUT2D eigenvalue weighted by Crippen LogP contribution is 2.38. The van der Waals surface area contributed by atoms with Crippen LogP contribution in [0.15, 0.2) is 60.9 Å². The minimum Gasteiger partial charge on any atom is -0.437 e. The minimum absolute atomic E-state index is 0. The molecule has 4 aromatic rings. The zero-order valence-corrected chi connectivity index (χ0v) is 23.5. The van der Waals surface area contributed by atoms with Crippen LogP contribution in [0.4, 0.5) is 11.6 Å². The fourth-order valence-corrected chi connectivity index (χ4v) is 4.68. The Kier molecular flexibility index (Phi) is 9.56. The summed E-state index contributed by atoms with van der Waals surface area (Å²) < 4.78 is 6.54. The van der Waals surface area contributed by atoms with E-state index in [1.54, 1.807) is 12.4 Å². The van der Waals surface area contributed by atoms with Gasteiger partial charge in [0.25, 0.3) is 0 Å². The molecule has 206 valence electrons. The minimum atomic E-state index is -0.427. The van der Waals surface area contributed by atoms with E-state index >= 15 is 0 Å². The molecule has 0 spiro atoms. The van der Waals surface area contributed by atoms with Crippen molar-refractivity contribution in [1.29, 1.82) is 0 Å². The van der Waals surface area contributed by atoms with Gasteiger partial charge in [-0.25, -0.2) is 15.0 Å². The highest BCUT2D eigenvalue weighted by molar-refractivity contribution is 5.98. The maximum atomic E-state index is 10.3. The van der Waals surface area contributed by atoms with E-state index in [0.29, 0.717) is 24.4 Å². The Morgan fingerprint density at radius 3 is 2.72 bits per heavy atom. The van der Waals surface area contributed by atoms with Gasteiger partial charge in [0.15, 0.2) is 0 Å². The van der Waals surface area contributed by atoms with Crippen LogP contribution < -0.4 is 20.7 Å². The average molecular weight is 549 g/mol. The van der Waals surface area contributed by atoms with E-state index in [1.165, 1.54) is 0 Å². The molecule has 3 heterocycles. The Morgan fingerprint density at radius 1 is 1.05 bits per heavy atom. The molecule has 2 aromatic heterocycles. The number of nitrogens with one attached hydrogen (secondary N) is 3. The largest absolute Gasteiger partial charge is 0.437 e. The molecule has 4 N–H and O–H groups in total. The van der Waals surface area contributed by atoms with Gasteiger partial charge >= 0.3 is 0 Å². The second kappa shape index (κ2) is 13.1. The van der Waals surface area contributed by atoms with Crippen LogP contribution >= 0.6 is 12.4 Å². The Balaban J connectivity index is 0.00000353. The summed E-state index contributed by atoms with van der Waals surface area (Å²) in [6, 6.07) is 16.3. The lowest BCUT2D eigenvalue weighted by Crippen LogP contribution is -2.38. The summed E-state index contributed by atoms with van der Waals surface area (Å²) in [4.78, 5) is 13.8. The summed E-state index contributed by atoms with van der Waals surface area (Å²) in [5.74, 6) is 2.02. The van der Waals surface area contributed by atoms with Crippen molar-refractivity contribution in [1.82, 2.24) is 20.3 Å². The third-order valence-electron chi connectivity index (χ3n) is 7.01. The van der Waals surface area contributed by atoms with E-state index in [9.17, 15) is 5.11 Å². The number of nitrogens with zero attached hydrogens (tertiary/aromatic N) is 3. The number of fused-ring (bicyclic) bond motifs is 1. The van der Waals surface area contributed by atoms with Gasteiger partial charge in [-0.1, -0.05) is 38.1 Å². The van der Waals surface area contributed by atoms with Gasteiger partial charge in [0.2, 0.25) is 11.8 Å². The predicted octanol–water partition coefficient (Wildman–Crippen LogP) is 5.81. The third kappa shape index (κ3) is 6.76. The summed E-state index contributed by atoms with van der Waals surface area (Å²) in [5.41, 5.74) is 3.50. The maximum absolute atomic E-state index is 10.3. The second-order valence-corrected chi connectivity index (χ2v) is 10.2. The lowest BCUT2D eigenvalue weighted by Gasteiger charge is -2.23. The maximum Gasteiger partial charge on any atom is 0.228 e. The number of halogens is 1. The molecule has 0 saturated carbocycles. The normalized spacial score (nSPS) is 16.0. The molecule has 0 bridgehead atoms. The molecule has 5 rings (SSSR count). The molecule has 0 radical (unpaired) electrons. The van der Waals surface area contributed by atoms with E-state index < -0.39 is 6.10 Å². The molecule has 0 unspecified atom stereocenters. The molecule has 2 atom stereocenters. The Labute approximate surface area is 236 Å². The number of pyridine rings is 1. The van der Waals surface area contributed by atoms with E-state index in [2.05, 4.69) is 44.1 Å². The van der Waals surface area contributed by atoms with Crippen molar-refractivity contribution < 1.29 is 9.84 Å². The highest BCUT2D eigenvalue weighted by Gasteiger charge is 2.18. The molecular weight excluding hydrogens is 512 g/mol. The van der Waals surface area contributed by atoms with Crippen LogP contribution in [0.5, 0.6) is 11.6 Å². The molecule has 2 aromatic carbocycles. The summed E-state index contributed by atoms with van der Waals surface area (Å²) in [6.07, 6.45) is 5.30. The number of benzene rings is 2. The monoisotopic (exact) mass is 548 g/mol. The number of aliphatic hydroxyl groups is 1. The lowest BCUT2D eigenvalue weighted by atomic mass is 10.0. The van der Waals surface area contributed by atoms with E-state index in [4.69, 9.17) is 9.72 Å². The SMILES string of the molecule is Cc1ccc2c(NC[C@H](O)C(C)C)cccc2c1Oc1ncccc1-c1ccnc(N[C@H]2CCCNC2)n1.Cl. The van der Waals surface area contributed by atoms with E-state index in [-0.39, 0.29) is 18.3 Å². The van der Waals surface area contributed by atoms with Crippen molar-refractivity contribution in [3.8, 4) is 22.9 Å². The molecule has 1 aliphatic rings. The van der Waals surface area contributed by atoms with Crippen LogP contribution in [0.2, 0.25) is 0 Å². The third-order valence-corrected chi connectivity index (χ3v) is 7.01. The summed E-state index contributed by atoms with van der Waals surface area (Å²) >= 11 is 0.